The third-order valence-corrected chi connectivity index (χ3v) is 4.47. The van der Waals surface area contributed by atoms with E-state index in [1.54, 1.807) is 0 Å². The quantitative estimate of drug-likeness (QED) is 0.798. The van der Waals surface area contributed by atoms with Crippen LogP contribution >= 0.6 is 11.6 Å². The van der Waals surface area contributed by atoms with Crippen LogP contribution in [0.25, 0.3) is 11.2 Å². The maximum absolute atomic E-state index is 5.98. The first kappa shape index (κ1) is 14.9. The number of hydrogen-bond donors (Lipinski definition) is 0. The normalized spacial score (nSPS) is 22.5. The second-order valence-corrected chi connectivity index (χ2v) is 6.14. The Morgan fingerprint density at radius 2 is 2.19 bits per heavy atom. The minimum Gasteiger partial charge on any atom is -0.376 e. The lowest BCUT2D eigenvalue weighted by Gasteiger charge is -2.19. The average Bonchev–Trinajstić information content (AvgIpc) is 3.09. The number of aromatic nitrogens is 4. The number of halogens is 1. The standard InChI is InChI=1S/C15H23ClN4O/c1-4-5-11-14-15(19(3)18-11)20(13(17-14)6-8-16)12-7-9-21-10(12)2/h10,12H,4-9H2,1-3H3. The number of ether oxygens (including phenoxy) is 1. The maximum atomic E-state index is 5.98. The Balaban J connectivity index is 2.16. The molecule has 6 heteroatoms. The summed E-state index contributed by atoms with van der Waals surface area (Å²) in [7, 11) is 2.00. The predicted molar refractivity (Wildman–Crippen MR) is 84.0 cm³/mol. The number of fused-ring (bicyclic) bond motifs is 1. The predicted octanol–water partition coefficient (Wildman–Crippen LogP) is 2.85. The minimum absolute atomic E-state index is 0.209. The summed E-state index contributed by atoms with van der Waals surface area (Å²) in [4.78, 5) is 4.86. The van der Waals surface area contributed by atoms with Gasteiger partial charge < -0.3 is 9.30 Å². The van der Waals surface area contributed by atoms with Gasteiger partial charge in [0.15, 0.2) is 5.65 Å². The Hall–Kier alpha value is -1.07. The zero-order valence-corrected chi connectivity index (χ0v) is 13.7. The average molecular weight is 311 g/mol. The van der Waals surface area contributed by atoms with E-state index in [1.807, 2.05) is 11.7 Å². The molecule has 1 saturated heterocycles. The molecular formula is C15H23ClN4O. The third-order valence-electron chi connectivity index (χ3n) is 4.28. The molecule has 0 radical (unpaired) electrons. The van der Waals surface area contributed by atoms with Crippen LogP contribution in [-0.4, -0.2) is 37.9 Å². The molecule has 0 N–H and O–H groups in total. The van der Waals surface area contributed by atoms with E-state index < -0.39 is 0 Å². The van der Waals surface area contributed by atoms with Gasteiger partial charge in [0.25, 0.3) is 0 Å². The molecule has 2 unspecified atom stereocenters. The van der Waals surface area contributed by atoms with E-state index in [0.717, 1.165) is 55.0 Å². The van der Waals surface area contributed by atoms with Crippen molar-refractivity contribution in [3.63, 3.8) is 0 Å². The summed E-state index contributed by atoms with van der Waals surface area (Å²) in [5.41, 5.74) is 3.25. The van der Waals surface area contributed by atoms with Crippen LogP contribution in [0.5, 0.6) is 0 Å². The van der Waals surface area contributed by atoms with Gasteiger partial charge >= 0.3 is 0 Å². The van der Waals surface area contributed by atoms with Crippen molar-refractivity contribution in [1.82, 2.24) is 19.3 Å². The van der Waals surface area contributed by atoms with Crippen LogP contribution < -0.4 is 0 Å². The van der Waals surface area contributed by atoms with E-state index in [4.69, 9.17) is 21.3 Å². The minimum atomic E-state index is 0.209. The van der Waals surface area contributed by atoms with E-state index in [2.05, 4.69) is 23.5 Å². The summed E-state index contributed by atoms with van der Waals surface area (Å²) >= 11 is 5.98. The van der Waals surface area contributed by atoms with Gasteiger partial charge in [0.2, 0.25) is 0 Å². The van der Waals surface area contributed by atoms with Crippen LogP contribution in [0.15, 0.2) is 0 Å². The molecule has 0 aliphatic carbocycles. The lowest BCUT2D eigenvalue weighted by molar-refractivity contribution is 0.107. The van der Waals surface area contributed by atoms with Gasteiger partial charge in [0.1, 0.15) is 11.3 Å². The molecule has 0 aromatic carbocycles. The van der Waals surface area contributed by atoms with Gasteiger partial charge in [-0.3, -0.25) is 4.68 Å². The molecule has 1 fully saturated rings. The summed E-state index contributed by atoms with van der Waals surface area (Å²) in [6.07, 6.45) is 4.06. The van der Waals surface area contributed by atoms with Gasteiger partial charge in [-0.2, -0.15) is 5.10 Å². The first-order valence-electron chi connectivity index (χ1n) is 7.77. The molecule has 0 bridgehead atoms. The second-order valence-electron chi connectivity index (χ2n) is 5.76. The van der Waals surface area contributed by atoms with Gasteiger partial charge in [-0.1, -0.05) is 13.3 Å². The van der Waals surface area contributed by atoms with Gasteiger partial charge in [-0.15, -0.1) is 11.6 Å². The Morgan fingerprint density at radius 3 is 2.81 bits per heavy atom. The van der Waals surface area contributed by atoms with Crippen molar-refractivity contribution in [3.8, 4) is 0 Å². The van der Waals surface area contributed by atoms with Crippen molar-refractivity contribution in [2.45, 2.75) is 51.7 Å². The molecule has 0 spiro atoms. The van der Waals surface area contributed by atoms with Crippen molar-refractivity contribution in [2.24, 2.45) is 7.05 Å². The zero-order chi connectivity index (χ0) is 15.0. The van der Waals surface area contributed by atoms with Gasteiger partial charge in [0.05, 0.1) is 17.8 Å². The Kier molecular flexibility index (Phi) is 4.22. The number of imidazole rings is 1. The maximum Gasteiger partial charge on any atom is 0.159 e. The summed E-state index contributed by atoms with van der Waals surface area (Å²) in [6.45, 7) is 5.12. The molecule has 2 aromatic heterocycles. The molecule has 0 amide bonds. The van der Waals surface area contributed by atoms with Crippen LogP contribution in [0.1, 0.15) is 44.2 Å². The molecule has 116 valence electrons. The van der Waals surface area contributed by atoms with E-state index >= 15 is 0 Å². The van der Waals surface area contributed by atoms with Crippen LogP contribution in [-0.2, 0) is 24.6 Å². The van der Waals surface area contributed by atoms with Crippen molar-refractivity contribution >= 4 is 22.8 Å². The van der Waals surface area contributed by atoms with Crippen molar-refractivity contribution in [2.75, 3.05) is 12.5 Å². The van der Waals surface area contributed by atoms with E-state index in [1.165, 1.54) is 0 Å². The Bertz CT molecular complexity index is 633. The molecule has 3 rings (SSSR count). The molecule has 3 heterocycles. The lowest BCUT2D eigenvalue weighted by Crippen LogP contribution is -2.20. The van der Waals surface area contributed by atoms with Gasteiger partial charge in [-0.25, -0.2) is 4.98 Å². The van der Waals surface area contributed by atoms with Gasteiger partial charge in [0, 0.05) is 26.0 Å². The van der Waals surface area contributed by atoms with Crippen LogP contribution in [0.4, 0.5) is 0 Å². The highest BCUT2D eigenvalue weighted by atomic mass is 35.5. The first-order chi connectivity index (χ1) is 10.2. The van der Waals surface area contributed by atoms with Crippen molar-refractivity contribution in [1.29, 1.82) is 0 Å². The fourth-order valence-corrected chi connectivity index (χ4v) is 3.49. The number of hydrogen-bond acceptors (Lipinski definition) is 3. The highest BCUT2D eigenvalue weighted by molar-refractivity contribution is 6.17. The largest absolute Gasteiger partial charge is 0.376 e. The molecule has 1 aliphatic rings. The highest BCUT2D eigenvalue weighted by Gasteiger charge is 2.31. The summed E-state index contributed by atoms with van der Waals surface area (Å²) in [5, 5.41) is 4.66. The number of alkyl halides is 1. The summed E-state index contributed by atoms with van der Waals surface area (Å²) in [5.74, 6) is 1.65. The topological polar surface area (TPSA) is 44.9 Å². The van der Waals surface area contributed by atoms with Gasteiger partial charge in [-0.05, 0) is 19.8 Å². The lowest BCUT2D eigenvalue weighted by atomic mass is 10.1. The SMILES string of the molecule is CCCc1nn(C)c2c1nc(CCCl)n2C1CCOC1C. The molecule has 2 atom stereocenters. The van der Waals surface area contributed by atoms with E-state index in [9.17, 15) is 0 Å². The fraction of sp³-hybridized carbons (Fsp3) is 0.733. The third kappa shape index (κ3) is 2.46. The fourth-order valence-electron chi connectivity index (χ4n) is 3.32. The Morgan fingerprint density at radius 1 is 1.38 bits per heavy atom. The molecule has 2 aromatic rings. The first-order valence-corrected chi connectivity index (χ1v) is 8.31. The Labute approximate surface area is 130 Å². The van der Waals surface area contributed by atoms with Crippen LogP contribution in [0, 0.1) is 0 Å². The molecule has 21 heavy (non-hydrogen) atoms. The zero-order valence-electron chi connectivity index (χ0n) is 13.0. The molecule has 0 saturated carbocycles. The highest BCUT2D eigenvalue weighted by Crippen LogP contribution is 2.32. The van der Waals surface area contributed by atoms with Crippen molar-refractivity contribution < 1.29 is 4.74 Å². The van der Waals surface area contributed by atoms with E-state index in [0.29, 0.717) is 11.9 Å². The summed E-state index contributed by atoms with van der Waals surface area (Å²) < 4.78 is 10.0. The van der Waals surface area contributed by atoms with Crippen LogP contribution in [0.3, 0.4) is 0 Å². The smallest absolute Gasteiger partial charge is 0.159 e. The molecule has 1 aliphatic heterocycles. The monoisotopic (exact) mass is 310 g/mol. The summed E-state index contributed by atoms with van der Waals surface area (Å²) in [6, 6.07) is 0.332. The molecular weight excluding hydrogens is 288 g/mol. The number of nitrogens with zero attached hydrogens (tertiary/aromatic N) is 4. The number of aryl methyl sites for hydroxylation is 3. The second kappa shape index (κ2) is 5.97. The van der Waals surface area contributed by atoms with Crippen molar-refractivity contribution in [3.05, 3.63) is 11.5 Å². The van der Waals surface area contributed by atoms with E-state index in [-0.39, 0.29) is 6.10 Å². The van der Waals surface area contributed by atoms with Crippen LogP contribution in [0.2, 0.25) is 0 Å². The number of rotatable bonds is 5. The molecule has 5 nitrogen and oxygen atoms in total.